The van der Waals surface area contributed by atoms with Crippen molar-refractivity contribution in [1.29, 1.82) is 0 Å². The lowest BCUT2D eigenvalue weighted by Gasteiger charge is -2.50. The molecule has 5 atom stereocenters. The van der Waals surface area contributed by atoms with Crippen LogP contribution in [0.25, 0.3) is 0 Å². The number of amides is 1. The Labute approximate surface area is 196 Å². The van der Waals surface area contributed by atoms with Crippen LogP contribution in [0.1, 0.15) is 56.0 Å². The van der Waals surface area contributed by atoms with Crippen LogP contribution in [0, 0.1) is 17.3 Å². The lowest BCUT2D eigenvalue weighted by atomic mass is 9.56. The van der Waals surface area contributed by atoms with E-state index in [2.05, 4.69) is 5.32 Å². The Hall–Kier alpha value is -3.17. The molecule has 6 N–H and O–H groups in total. The highest BCUT2D eigenvalue weighted by Crippen LogP contribution is 2.54. The maximum absolute atomic E-state index is 13.4. The van der Waals surface area contributed by atoms with Crippen LogP contribution in [0.5, 0.6) is 5.75 Å². The SMILES string of the molecule is C[C@H]1c2cccc(O)c2C(=O)C2=C(O)[C@]3(O)C(=O)C(C(=O)NCC(C)(C)C)=C(O)C[C@@H]3[C@@H](O)[C@@H]21. The van der Waals surface area contributed by atoms with Crippen molar-refractivity contribution in [3.05, 3.63) is 52.0 Å². The average Bonchev–Trinajstić information content (AvgIpc) is 2.74. The van der Waals surface area contributed by atoms with Gasteiger partial charge in [-0.05, 0) is 23.0 Å². The Balaban J connectivity index is 1.84. The molecule has 0 bridgehead atoms. The van der Waals surface area contributed by atoms with Gasteiger partial charge in [0.05, 0.1) is 11.7 Å². The molecule has 4 rings (SSSR count). The minimum absolute atomic E-state index is 0.0770. The second-order valence-electron chi connectivity index (χ2n) is 10.6. The Morgan fingerprint density at radius 1 is 1.18 bits per heavy atom. The van der Waals surface area contributed by atoms with Crippen LogP contribution in [-0.4, -0.2) is 61.3 Å². The fourth-order valence-electron chi connectivity index (χ4n) is 5.37. The quantitative estimate of drug-likeness (QED) is 0.355. The normalized spacial score (nSPS) is 31.1. The predicted molar refractivity (Wildman–Crippen MR) is 120 cm³/mol. The van der Waals surface area contributed by atoms with Crippen molar-refractivity contribution in [2.75, 3.05) is 6.54 Å². The summed E-state index contributed by atoms with van der Waals surface area (Å²) in [5.74, 6) is -7.87. The number of rotatable bonds is 2. The highest BCUT2D eigenvalue weighted by atomic mass is 16.4. The maximum atomic E-state index is 13.4. The number of allylic oxidation sites excluding steroid dienone is 1. The zero-order valence-electron chi connectivity index (χ0n) is 19.4. The summed E-state index contributed by atoms with van der Waals surface area (Å²) < 4.78 is 0. The van der Waals surface area contributed by atoms with Crippen LogP contribution < -0.4 is 5.32 Å². The molecule has 3 aliphatic carbocycles. The van der Waals surface area contributed by atoms with Gasteiger partial charge in [0.15, 0.2) is 11.4 Å². The number of ketones is 2. The molecule has 34 heavy (non-hydrogen) atoms. The monoisotopic (exact) mass is 471 g/mol. The van der Waals surface area contributed by atoms with Gasteiger partial charge < -0.3 is 30.8 Å². The van der Waals surface area contributed by atoms with E-state index in [1.807, 2.05) is 20.8 Å². The molecular weight excluding hydrogens is 442 g/mol. The van der Waals surface area contributed by atoms with Crippen LogP contribution in [0.15, 0.2) is 40.9 Å². The van der Waals surface area contributed by atoms with Crippen LogP contribution in [0.2, 0.25) is 0 Å². The van der Waals surface area contributed by atoms with Crippen LogP contribution >= 0.6 is 0 Å². The molecule has 0 unspecified atom stereocenters. The first-order valence-corrected chi connectivity index (χ1v) is 11.2. The highest BCUT2D eigenvalue weighted by molar-refractivity contribution is 6.25. The van der Waals surface area contributed by atoms with E-state index in [0.717, 1.165) is 0 Å². The van der Waals surface area contributed by atoms with Gasteiger partial charge >= 0.3 is 0 Å². The maximum Gasteiger partial charge on any atom is 0.258 e. The summed E-state index contributed by atoms with van der Waals surface area (Å²) in [5, 5.41) is 57.3. The molecule has 1 amide bonds. The largest absolute Gasteiger partial charge is 0.511 e. The zero-order chi connectivity index (χ0) is 25.3. The van der Waals surface area contributed by atoms with Crippen molar-refractivity contribution in [3.8, 4) is 5.75 Å². The molecule has 9 nitrogen and oxygen atoms in total. The van der Waals surface area contributed by atoms with Crippen LogP contribution in [0.4, 0.5) is 0 Å². The number of benzene rings is 1. The van der Waals surface area contributed by atoms with Crippen molar-refractivity contribution < 1.29 is 39.9 Å². The summed E-state index contributed by atoms with van der Waals surface area (Å²) in [6, 6.07) is 4.49. The number of Topliss-reactive ketones (excluding diaryl/α,β-unsaturated/α-hetero) is 2. The summed E-state index contributed by atoms with van der Waals surface area (Å²) >= 11 is 0. The van der Waals surface area contributed by atoms with Gasteiger partial charge in [-0.2, -0.15) is 0 Å². The molecule has 1 aromatic rings. The van der Waals surface area contributed by atoms with Crippen molar-refractivity contribution in [2.24, 2.45) is 17.3 Å². The second kappa shape index (κ2) is 7.68. The van der Waals surface area contributed by atoms with Gasteiger partial charge in [-0.25, -0.2) is 0 Å². The molecule has 0 heterocycles. The van der Waals surface area contributed by atoms with E-state index < -0.39 is 70.4 Å². The number of aromatic hydroxyl groups is 1. The molecule has 0 saturated carbocycles. The van der Waals surface area contributed by atoms with Gasteiger partial charge in [-0.1, -0.05) is 39.8 Å². The van der Waals surface area contributed by atoms with Gasteiger partial charge in [0, 0.05) is 30.4 Å². The van der Waals surface area contributed by atoms with Gasteiger partial charge in [-0.3, -0.25) is 14.4 Å². The number of aliphatic hydroxyl groups excluding tert-OH is 3. The number of aliphatic hydroxyl groups is 4. The van der Waals surface area contributed by atoms with E-state index >= 15 is 0 Å². The van der Waals surface area contributed by atoms with Crippen LogP contribution in [0.3, 0.4) is 0 Å². The van der Waals surface area contributed by atoms with Gasteiger partial charge in [-0.15, -0.1) is 0 Å². The van der Waals surface area contributed by atoms with Crippen LogP contribution in [-0.2, 0) is 9.59 Å². The van der Waals surface area contributed by atoms with E-state index in [1.54, 1.807) is 19.1 Å². The third-order valence-electron chi connectivity index (χ3n) is 7.12. The van der Waals surface area contributed by atoms with E-state index in [0.29, 0.717) is 5.56 Å². The summed E-state index contributed by atoms with van der Waals surface area (Å²) in [6.07, 6.45) is -1.96. The first kappa shape index (κ1) is 24.0. The van der Waals surface area contributed by atoms with Crippen molar-refractivity contribution in [3.63, 3.8) is 0 Å². The number of carbonyl (C=O) groups excluding carboxylic acids is 3. The Bertz CT molecular complexity index is 1170. The first-order valence-electron chi connectivity index (χ1n) is 11.2. The highest BCUT2D eigenvalue weighted by Gasteiger charge is 2.64. The summed E-state index contributed by atoms with van der Waals surface area (Å²) in [6.45, 7) is 7.42. The number of nitrogens with one attached hydrogen (secondary N) is 1. The number of phenolic OH excluding ortho intramolecular Hbond substituents is 1. The Morgan fingerprint density at radius 3 is 2.44 bits per heavy atom. The standard InChI is InChI=1S/C25H29NO8/c1-10-11-6-5-7-13(27)16(11)20(30)18-15(10)19(29)12-8-14(28)17(21(31)25(12,34)22(18)32)23(33)26-9-24(2,3)4/h5-7,10,12,15,19,27-29,32,34H,8-9H2,1-4H3,(H,26,33)/t10-,12+,15+,19+,25+/m0/s1. The number of carbonyl (C=O) groups is 3. The Morgan fingerprint density at radius 2 is 1.82 bits per heavy atom. The molecule has 0 radical (unpaired) electrons. The number of hydrogen-bond donors (Lipinski definition) is 6. The summed E-state index contributed by atoms with van der Waals surface area (Å²) in [4.78, 5) is 39.5. The van der Waals surface area contributed by atoms with E-state index in [-0.39, 0.29) is 28.8 Å². The number of hydrogen-bond acceptors (Lipinski definition) is 8. The topological polar surface area (TPSA) is 164 Å². The molecule has 182 valence electrons. The number of fused-ring (bicyclic) bond motifs is 3. The average molecular weight is 472 g/mol. The third-order valence-corrected chi connectivity index (χ3v) is 7.12. The summed E-state index contributed by atoms with van der Waals surface area (Å²) in [7, 11) is 0. The second-order valence-corrected chi connectivity index (χ2v) is 10.6. The molecule has 1 aromatic carbocycles. The van der Waals surface area contributed by atoms with Gasteiger partial charge in [0.1, 0.15) is 22.8 Å². The van der Waals surface area contributed by atoms with Crippen molar-refractivity contribution >= 4 is 17.5 Å². The van der Waals surface area contributed by atoms with Crippen molar-refractivity contribution in [2.45, 2.75) is 51.7 Å². The molecular formula is C25H29NO8. The van der Waals surface area contributed by atoms with E-state index in [1.165, 1.54) is 6.07 Å². The Kier molecular flexibility index (Phi) is 5.41. The van der Waals surface area contributed by atoms with Crippen molar-refractivity contribution in [1.82, 2.24) is 5.32 Å². The van der Waals surface area contributed by atoms with E-state index in [4.69, 9.17) is 0 Å². The minimum Gasteiger partial charge on any atom is -0.511 e. The molecule has 3 aliphatic rings. The molecule has 0 aliphatic heterocycles. The first-order chi connectivity index (χ1) is 15.7. The minimum atomic E-state index is -2.79. The van der Waals surface area contributed by atoms with Gasteiger partial charge in [0.2, 0.25) is 5.78 Å². The van der Waals surface area contributed by atoms with E-state index in [9.17, 15) is 39.9 Å². The summed E-state index contributed by atoms with van der Waals surface area (Å²) in [5.41, 5.74) is -3.84. The van der Waals surface area contributed by atoms with Gasteiger partial charge in [0.25, 0.3) is 5.91 Å². The smallest absolute Gasteiger partial charge is 0.258 e. The number of phenols is 1. The molecule has 0 aromatic heterocycles. The predicted octanol–water partition coefficient (Wildman–Crippen LogP) is 1.79. The lowest BCUT2D eigenvalue weighted by Crippen LogP contribution is -2.62. The molecule has 9 heteroatoms. The third kappa shape index (κ3) is 3.25. The fraction of sp³-hybridized carbons (Fsp3) is 0.480. The molecule has 0 fully saturated rings. The zero-order valence-corrected chi connectivity index (χ0v) is 19.4. The molecule has 0 spiro atoms. The lowest BCUT2D eigenvalue weighted by molar-refractivity contribution is -0.154. The fourth-order valence-corrected chi connectivity index (χ4v) is 5.37. The molecule has 0 saturated heterocycles.